The Bertz CT molecular complexity index is 727. The highest BCUT2D eigenvalue weighted by Crippen LogP contribution is 2.15. The molecule has 2 atom stereocenters. The molecule has 0 amide bonds. The predicted octanol–water partition coefficient (Wildman–Crippen LogP) is 12.1. The van der Waals surface area contributed by atoms with Crippen LogP contribution in [0.3, 0.4) is 0 Å². The second-order valence-corrected chi connectivity index (χ2v) is 14.3. The number of carboxylic acid groups (broad SMARTS) is 2. The van der Waals surface area contributed by atoms with Crippen LogP contribution in [0.5, 0.6) is 0 Å². The van der Waals surface area contributed by atoms with Crippen LogP contribution in [0.25, 0.3) is 0 Å². The number of hydrogen-bond donors (Lipinski definition) is 2. The standard InChI is InChI=1S/2C21H40O4.Mg/c2*1-3-4-5-6-7-8-9-10-11-12-13-14-15-16-17-18-20(22)25-19(2)21(23)24;/h2*19H,3-18H2,1-2H3,(H,23,24);. The molecule has 0 spiro atoms. The van der Waals surface area contributed by atoms with Gasteiger partial charge in [0.25, 0.3) is 0 Å². The van der Waals surface area contributed by atoms with Gasteiger partial charge in [-0.15, -0.1) is 0 Å². The van der Waals surface area contributed by atoms with Crippen LogP contribution in [0, 0.1) is 0 Å². The molecule has 0 aromatic rings. The highest BCUT2D eigenvalue weighted by atomic mass is 24.3. The van der Waals surface area contributed by atoms with E-state index in [2.05, 4.69) is 13.8 Å². The number of rotatable bonds is 36. The minimum atomic E-state index is -1.09. The molecule has 0 aliphatic rings. The van der Waals surface area contributed by atoms with E-state index in [1.54, 1.807) is 0 Å². The summed E-state index contributed by atoms with van der Waals surface area (Å²) in [5.74, 6) is -2.98. The fourth-order valence-electron chi connectivity index (χ4n) is 5.89. The lowest BCUT2D eigenvalue weighted by molar-refractivity contribution is -0.162. The van der Waals surface area contributed by atoms with E-state index in [1.807, 2.05) is 0 Å². The number of esters is 2. The summed E-state index contributed by atoms with van der Waals surface area (Å²) in [6.07, 6.45) is 37.2. The van der Waals surface area contributed by atoms with Crippen molar-refractivity contribution in [1.29, 1.82) is 0 Å². The zero-order valence-corrected chi connectivity index (χ0v) is 35.2. The average molecular weight is 737 g/mol. The molecule has 0 aromatic heterocycles. The van der Waals surface area contributed by atoms with Gasteiger partial charge in [0.1, 0.15) is 0 Å². The second-order valence-electron chi connectivity index (χ2n) is 14.3. The third kappa shape index (κ3) is 44.7. The number of ether oxygens (including phenoxy) is 2. The zero-order chi connectivity index (χ0) is 37.5. The SMILES string of the molecule is CCCCCCCCCCCCCCCCCC(=O)OC(C)C(=O)O.CCCCCCCCCCCCCCCCCC(=O)OC(C)C(=O)O.[Mg]. The number of unbranched alkanes of at least 4 members (excludes halogenated alkanes) is 28. The summed E-state index contributed by atoms with van der Waals surface area (Å²) in [5, 5.41) is 17.3. The first-order valence-corrected chi connectivity index (χ1v) is 21.0. The Morgan fingerprint density at radius 3 is 0.725 bits per heavy atom. The molecule has 51 heavy (non-hydrogen) atoms. The van der Waals surface area contributed by atoms with Gasteiger partial charge in [0.05, 0.1) is 0 Å². The number of hydrogen-bond acceptors (Lipinski definition) is 6. The third-order valence-corrected chi connectivity index (χ3v) is 9.28. The van der Waals surface area contributed by atoms with Crippen molar-refractivity contribution in [3.63, 3.8) is 0 Å². The second kappa shape index (κ2) is 43.1. The minimum absolute atomic E-state index is 0. The first kappa shape index (κ1) is 54.0. The van der Waals surface area contributed by atoms with Gasteiger partial charge in [-0.3, -0.25) is 9.59 Å². The molecule has 2 unspecified atom stereocenters. The van der Waals surface area contributed by atoms with Gasteiger partial charge >= 0.3 is 23.9 Å². The maximum atomic E-state index is 11.4. The molecule has 0 aromatic carbocycles. The Hall–Kier alpha value is -1.35. The van der Waals surface area contributed by atoms with E-state index in [4.69, 9.17) is 19.7 Å². The lowest BCUT2D eigenvalue weighted by Crippen LogP contribution is -2.23. The van der Waals surface area contributed by atoms with Crippen LogP contribution in [0.1, 0.15) is 233 Å². The van der Waals surface area contributed by atoms with Gasteiger partial charge in [-0.1, -0.05) is 194 Å². The van der Waals surface area contributed by atoms with Crippen LogP contribution in [-0.4, -0.2) is 69.4 Å². The Morgan fingerprint density at radius 2 is 0.549 bits per heavy atom. The fourth-order valence-corrected chi connectivity index (χ4v) is 5.89. The van der Waals surface area contributed by atoms with Crippen molar-refractivity contribution in [1.82, 2.24) is 0 Å². The van der Waals surface area contributed by atoms with Gasteiger partial charge in [0, 0.05) is 35.9 Å². The Kier molecular flexibility index (Phi) is 45.6. The summed E-state index contributed by atoms with van der Waals surface area (Å²) in [4.78, 5) is 44.0. The Morgan fingerprint density at radius 1 is 0.373 bits per heavy atom. The summed E-state index contributed by atoms with van der Waals surface area (Å²) in [5.41, 5.74) is 0. The van der Waals surface area contributed by atoms with E-state index >= 15 is 0 Å². The lowest BCUT2D eigenvalue weighted by Gasteiger charge is -2.08. The van der Waals surface area contributed by atoms with Crippen LogP contribution >= 0.6 is 0 Å². The maximum absolute atomic E-state index is 11.4. The van der Waals surface area contributed by atoms with Crippen LogP contribution in [-0.2, 0) is 28.7 Å². The molecular weight excluding hydrogens is 657 g/mol. The van der Waals surface area contributed by atoms with Crippen LogP contribution in [0.4, 0.5) is 0 Å². The van der Waals surface area contributed by atoms with Crippen LogP contribution in [0.15, 0.2) is 0 Å². The van der Waals surface area contributed by atoms with E-state index in [9.17, 15) is 19.2 Å². The van der Waals surface area contributed by atoms with Gasteiger partial charge < -0.3 is 19.7 Å². The van der Waals surface area contributed by atoms with Crippen molar-refractivity contribution < 1.29 is 38.9 Å². The molecule has 0 aliphatic carbocycles. The normalized spacial score (nSPS) is 11.8. The van der Waals surface area contributed by atoms with Gasteiger partial charge in [-0.2, -0.15) is 0 Å². The highest BCUT2D eigenvalue weighted by Gasteiger charge is 2.16. The predicted molar refractivity (Wildman–Crippen MR) is 211 cm³/mol. The summed E-state index contributed by atoms with van der Waals surface area (Å²) >= 11 is 0. The van der Waals surface area contributed by atoms with E-state index in [0.29, 0.717) is 12.8 Å². The molecule has 2 radical (unpaired) electrons. The number of carboxylic acids is 2. The molecule has 2 N–H and O–H groups in total. The van der Waals surface area contributed by atoms with E-state index in [1.165, 1.54) is 168 Å². The van der Waals surface area contributed by atoms with E-state index in [0.717, 1.165) is 38.5 Å². The molecule has 0 saturated carbocycles. The fraction of sp³-hybridized carbons (Fsp3) is 0.905. The number of carbonyl (C=O) groups excluding carboxylic acids is 2. The smallest absolute Gasteiger partial charge is 0.344 e. The average Bonchev–Trinajstić information content (AvgIpc) is 3.08. The quantitative estimate of drug-likeness (QED) is 0.0370. The van der Waals surface area contributed by atoms with Crippen molar-refractivity contribution in [2.75, 3.05) is 0 Å². The Labute approximate surface area is 329 Å². The Balaban J connectivity index is -0.000000886. The molecular formula is C42H80MgO8. The summed E-state index contributed by atoms with van der Waals surface area (Å²) < 4.78 is 9.58. The van der Waals surface area contributed by atoms with Crippen molar-refractivity contribution >= 4 is 46.9 Å². The maximum Gasteiger partial charge on any atom is 0.344 e. The highest BCUT2D eigenvalue weighted by molar-refractivity contribution is 5.78. The first-order valence-electron chi connectivity index (χ1n) is 21.0. The summed E-state index contributed by atoms with van der Waals surface area (Å²) in [7, 11) is 0. The molecule has 0 heterocycles. The van der Waals surface area contributed by atoms with Crippen LogP contribution < -0.4 is 0 Å². The molecule has 0 rings (SSSR count). The topological polar surface area (TPSA) is 127 Å². The largest absolute Gasteiger partial charge is 0.479 e. The van der Waals surface area contributed by atoms with Gasteiger partial charge in [0.15, 0.2) is 12.2 Å². The molecule has 0 aliphatic heterocycles. The van der Waals surface area contributed by atoms with E-state index < -0.39 is 36.1 Å². The number of aliphatic carboxylic acids is 2. The summed E-state index contributed by atoms with van der Waals surface area (Å²) in [6.45, 7) is 7.28. The van der Waals surface area contributed by atoms with Crippen molar-refractivity contribution in [3.05, 3.63) is 0 Å². The molecule has 0 bridgehead atoms. The molecule has 9 heteroatoms. The van der Waals surface area contributed by atoms with Crippen LogP contribution in [0.2, 0.25) is 0 Å². The monoisotopic (exact) mass is 737 g/mol. The van der Waals surface area contributed by atoms with Gasteiger partial charge in [-0.25, -0.2) is 9.59 Å². The lowest BCUT2D eigenvalue weighted by atomic mass is 10.0. The molecule has 8 nitrogen and oxygen atoms in total. The molecule has 0 fully saturated rings. The van der Waals surface area contributed by atoms with Crippen molar-refractivity contribution in [3.8, 4) is 0 Å². The van der Waals surface area contributed by atoms with Crippen molar-refractivity contribution in [2.24, 2.45) is 0 Å². The number of carbonyl (C=O) groups is 4. The first-order chi connectivity index (χ1) is 24.1. The molecule has 298 valence electrons. The summed E-state index contributed by atoms with van der Waals surface area (Å²) in [6, 6.07) is 0. The van der Waals surface area contributed by atoms with Gasteiger partial charge in [-0.05, 0) is 26.7 Å². The zero-order valence-electron chi connectivity index (χ0n) is 33.8. The molecule has 0 saturated heterocycles. The van der Waals surface area contributed by atoms with Crippen molar-refractivity contribution in [2.45, 2.75) is 245 Å². The van der Waals surface area contributed by atoms with E-state index in [-0.39, 0.29) is 23.1 Å². The van der Waals surface area contributed by atoms with Gasteiger partial charge in [0.2, 0.25) is 0 Å². The third-order valence-electron chi connectivity index (χ3n) is 9.28. The minimum Gasteiger partial charge on any atom is -0.479 e.